The number of carbonyl (C=O) groups is 9. The summed E-state index contributed by atoms with van der Waals surface area (Å²) in [5, 5.41) is 90.9. The summed E-state index contributed by atoms with van der Waals surface area (Å²) >= 11 is 0. The van der Waals surface area contributed by atoms with E-state index in [4.69, 9.17) is 9.47 Å². The van der Waals surface area contributed by atoms with Crippen molar-refractivity contribution in [1.82, 2.24) is 46.2 Å². The number of nitrogens with zero attached hydrogens (tertiary/aromatic N) is 4. The van der Waals surface area contributed by atoms with E-state index in [9.17, 15) is 82.3 Å². The number of aliphatic hydroxyl groups is 6. The van der Waals surface area contributed by atoms with Crippen LogP contribution in [0.15, 0.2) is 66.7 Å². The van der Waals surface area contributed by atoms with Gasteiger partial charge in [-0.15, -0.1) is 0 Å². The summed E-state index contributed by atoms with van der Waals surface area (Å²) in [4.78, 5) is 133. The minimum Gasteiger partial charge on any atom is -0.716 e. The van der Waals surface area contributed by atoms with E-state index in [1.54, 1.807) is 0 Å². The summed E-state index contributed by atoms with van der Waals surface area (Å²) in [5.74, 6) is -11.5. The Labute approximate surface area is 551 Å². The first-order valence-electron chi connectivity index (χ1n) is 29.5. The van der Waals surface area contributed by atoms with Gasteiger partial charge in [-0.3, -0.25) is 33.6 Å². The minimum atomic E-state index is -5.51. The van der Waals surface area contributed by atoms with Crippen LogP contribution in [-0.4, -0.2) is 253 Å². The van der Waals surface area contributed by atoms with E-state index in [1.807, 2.05) is 48.5 Å². The Morgan fingerprint density at radius 3 is 1.93 bits per heavy atom. The second-order valence-corrected chi connectivity index (χ2v) is 25.3. The van der Waals surface area contributed by atoms with Crippen molar-refractivity contribution in [3.63, 3.8) is 0 Å². The summed E-state index contributed by atoms with van der Waals surface area (Å²) in [5.41, 5.74) is 2.71. The predicted octanol–water partition coefficient (Wildman–Crippen LogP) is -6.24. The Morgan fingerprint density at radius 1 is 0.739 bits per heavy atom. The van der Waals surface area contributed by atoms with Crippen molar-refractivity contribution in [2.45, 2.75) is 145 Å². The third-order valence-corrected chi connectivity index (χ3v) is 16.8. The molecule has 0 radical (unpaired) electrons. The Hall–Kier alpha value is -7.24. The molecule has 0 saturated carbocycles. The second kappa shape index (κ2) is 30.2. The van der Waals surface area contributed by atoms with Gasteiger partial charge in [-0.25, -0.2) is 18.0 Å². The molecule has 4 aliphatic heterocycles. The zero-order valence-electron chi connectivity index (χ0n) is 51.4. The fraction of sp³-hybridized carbons (Fsp3) is 0.542. The molecule has 92 heavy (non-hydrogen) atoms. The smallest absolute Gasteiger partial charge is 0.716 e. The molecule has 13 atom stereocenters. The number of hydrogen-bond acceptors (Lipinski definition) is 22. The van der Waals surface area contributed by atoms with Crippen LogP contribution in [-0.2, 0) is 59.9 Å². The average Bonchev–Trinajstić information content (AvgIpc) is 1.62. The van der Waals surface area contributed by atoms with Crippen LogP contribution in [0.3, 0.4) is 0 Å². The van der Waals surface area contributed by atoms with E-state index in [0.717, 1.165) is 57.2 Å². The van der Waals surface area contributed by atoms with Crippen LogP contribution in [0.2, 0.25) is 0 Å². The quantitative estimate of drug-likeness (QED) is 0.0456. The molecule has 1 aliphatic carbocycles. The molecule has 496 valence electrons. The molecule has 4 heterocycles. The average molecular weight is 1320 g/mol. The number of piperazine rings is 1. The maximum atomic E-state index is 15.2. The molecule has 3 aromatic carbocycles. The maximum Gasteiger partial charge on any atom is 1.00 e. The Bertz CT molecular complexity index is 3320. The molecule has 1 unspecified atom stereocenters. The third-order valence-electron chi connectivity index (χ3n) is 16.4. The molecule has 5 aliphatic rings. The second-order valence-electron chi connectivity index (χ2n) is 24.3. The standard InChI is InChI=1S/C59H77N9O22S.Na/c1-29-26-68-49(50(29)76)54(80)60-25-32(70)22-39(61-57(83)89-59(3,4)5)51(77)62-46(30(2)69)55(81)67-27-33(71)23-40(67)52(78)63-47(42(73)20-31-14-15-41(72)44(21-31)90-91(85,86)87)53(79)64-48(56(68)82)43(74)24-45(75)65-16-18-66(19-17-65)58(84)88-28-38-36-12-8-6-10-34(36)35-11-7-9-13-37(35)38;/h6-15,21,29-30,32-33,38-40,42-43,46-50,69-74,76H,16-20,22-28H2,1-5H3,(H,60,80)(H,61,83)(H,62,77)(H,63,78)(H,64,79)(H,85,86,87);/q;+1/p-1/t29-,30+,32+,33+,39+,40-,42+,43+,46?,47-,48-,49-,50-;/m0./s1. The van der Waals surface area contributed by atoms with Crippen LogP contribution in [0.4, 0.5) is 9.59 Å². The molecular weight excluding hydrogens is 1240 g/mol. The monoisotopic (exact) mass is 1320 g/mol. The molecule has 8 rings (SSSR count). The van der Waals surface area contributed by atoms with Crippen LogP contribution in [0.25, 0.3) is 11.1 Å². The number of ether oxygens (including phenoxy) is 2. The minimum absolute atomic E-state index is 0. The van der Waals surface area contributed by atoms with E-state index >= 15 is 9.59 Å². The first-order valence-corrected chi connectivity index (χ1v) is 30.8. The number of aliphatic hydroxyl groups excluding tert-OH is 6. The Morgan fingerprint density at radius 2 is 1.33 bits per heavy atom. The third kappa shape index (κ3) is 17.5. The molecule has 31 nitrogen and oxygen atoms in total. The molecular formula is C59H76N9NaO22S. The summed E-state index contributed by atoms with van der Waals surface area (Å²) in [6, 6.07) is 6.15. The van der Waals surface area contributed by atoms with Gasteiger partial charge in [0.2, 0.25) is 41.4 Å². The first-order chi connectivity index (χ1) is 42.8. The van der Waals surface area contributed by atoms with Gasteiger partial charge >= 0.3 is 41.7 Å². The number of benzene rings is 3. The van der Waals surface area contributed by atoms with Crippen molar-refractivity contribution < 1.29 is 135 Å². The fourth-order valence-electron chi connectivity index (χ4n) is 11.8. The zero-order valence-corrected chi connectivity index (χ0v) is 54.2. The van der Waals surface area contributed by atoms with Crippen LogP contribution < -0.4 is 60.3 Å². The van der Waals surface area contributed by atoms with Gasteiger partial charge in [-0.05, 0) is 67.6 Å². The molecule has 0 bridgehead atoms. The van der Waals surface area contributed by atoms with Crippen molar-refractivity contribution in [3.8, 4) is 22.6 Å². The van der Waals surface area contributed by atoms with Crippen LogP contribution >= 0.6 is 0 Å². The number of alkyl carbamates (subject to hydrolysis) is 1. The summed E-state index contributed by atoms with van der Waals surface area (Å²) in [6.07, 6.45) is -16.1. The van der Waals surface area contributed by atoms with Crippen molar-refractivity contribution in [2.75, 3.05) is 52.4 Å². The number of fused-ring (bicyclic) bond motifs is 5. The van der Waals surface area contributed by atoms with Gasteiger partial charge in [0.25, 0.3) is 10.4 Å². The zero-order chi connectivity index (χ0) is 66.6. The predicted molar refractivity (Wildman–Crippen MR) is 313 cm³/mol. The number of β-amino-alcohol motifs (C(OH)–C–C–N with tert-alkyl or cyclic N) is 1. The van der Waals surface area contributed by atoms with E-state index in [1.165, 1.54) is 37.5 Å². The van der Waals surface area contributed by atoms with Crippen LogP contribution in [0, 0.1) is 5.92 Å². The van der Waals surface area contributed by atoms with Crippen molar-refractivity contribution in [3.05, 3.63) is 83.4 Å². The number of rotatable bonds is 12. The molecule has 4 saturated heterocycles. The number of nitrogens with one attached hydrogen (secondary N) is 5. The number of hydrogen-bond donors (Lipinski definition) is 12. The summed E-state index contributed by atoms with van der Waals surface area (Å²) in [7, 11) is -5.51. The Balaban J connectivity index is 0.0000120. The number of amides is 9. The summed E-state index contributed by atoms with van der Waals surface area (Å²) in [6.45, 7) is 4.91. The molecule has 0 spiro atoms. The van der Waals surface area contributed by atoms with Crippen molar-refractivity contribution in [2.24, 2.45) is 5.92 Å². The van der Waals surface area contributed by atoms with Crippen LogP contribution in [0.5, 0.6) is 11.5 Å². The van der Waals surface area contributed by atoms with Gasteiger partial charge in [0.05, 0.1) is 43.0 Å². The fourth-order valence-corrected chi connectivity index (χ4v) is 12.2. The van der Waals surface area contributed by atoms with E-state index < -0.39 is 205 Å². The Kier molecular flexibility index (Phi) is 23.7. The van der Waals surface area contributed by atoms with Crippen LogP contribution in [0.1, 0.15) is 76.5 Å². The normalized spacial score (nSPS) is 26.4. The molecule has 33 heteroatoms. The number of aromatic hydroxyl groups is 1. The van der Waals surface area contributed by atoms with Gasteiger partial charge in [-0.1, -0.05) is 61.5 Å². The number of phenolic OH excluding ortho intramolecular Hbond substituents is 1. The van der Waals surface area contributed by atoms with Gasteiger partial charge in [0, 0.05) is 76.9 Å². The van der Waals surface area contributed by atoms with Gasteiger partial charge in [0.15, 0.2) is 11.5 Å². The van der Waals surface area contributed by atoms with E-state index in [2.05, 4.69) is 30.8 Å². The topological polar surface area (TPSA) is 453 Å². The SMILES string of the molecule is C[C@@H](O)C1NC(=O)[C@H](NC(=O)OC(C)(C)C)C[C@@H](O)CNC(=O)[C@@H]2[C@@H](O)[C@@H](C)CN2C(=O)[C@H]([C@H](O)CC(=O)N2CCN(C(=O)OCC3c4ccccc4-c4ccccc43)CC2)NC(=O)[C@H]([C@H](O)Cc2ccc(O)c(OS(=O)(=O)[O-])c2)NC(=O)[C@@H]2C[C@@H](O)CN2C1=O.[Na+]. The summed E-state index contributed by atoms with van der Waals surface area (Å²) < 4.78 is 50.1. The molecule has 9 amide bonds. The van der Waals surface area contributed by atoms with E-state index in [0.29, 0.717) is 0 Å². The molecule has 12 N–H and O–H groups in total. The number of phenols is 1. The molecule has 3 aromatic rings. The molecule has 0 aromatic heterocycles. The van der Waals surface area contributed by atoms with E-state index in [-0.39, 0.29) is 73.8 Å². The van der Waals surface area contributed by atoms with Gasteiger partial charge in [-0.2, -0.15) is 0 Å². The largest absolute Gasteiger partial charge is 1.00 e. The van der Waals surface area contributed by atoms with Gasteiger partial charge in [0.1, 0.15) is 48.5 Å². The molecule has 4 fully saturated rings. The van der Waals surface area contributed by atoms with Gasteiger partial charge < -0.3 is 100 Å². The number of carbonyl (C=O) groups excluding carboxylic acids is 9. The van der Waals surface area contributed by atoms with Crippen molar-refractivity contribution in [1.29, 1.82) is 0 Å². The maximum absolute atomic E-state index is 15.2. The first kappa shape index (κ1) is 72.2. The van der Waals surface area contributed by atoms with Crippen molar-refractivity contribution >= 4 is 63.9 Å².